The third kappa shape index (κ3) is 3.45. The molecule has 0 aromatic carbocycles. The maximum atomic E-state index is 12.5. The summed E-state index contributed by atoms with van der Waals surface area (Å²) in [4.78, 5) is 27.5. The lowest BCUT2D eigenvalue weighted by atomic mass is 9.70. The van der Waals surface area contributed by atoms with Gasteiger partial charge in [-0.25, -0.2) is 9.59 Å². The van der Waals surface area contributed by atoms with E-state index in [4.69, 9.17) is 14.0 Å². The number of fused-ring (bicyclic) bond motifs is 2. The number of anilines is 1. The molecule has 30 heavy (non-hydrogen) atoms. The van der Waals surface area contributed by atoms with Crippen LogP contribution in [0.15, 0.2) is 10.7 Å². The second-order valence-electron chi connectivity index (χ2n) is 9.26. The van der Waals surface area contributed by atoms with E-state index in [-0.39, 0.29) is 28.9 Å². The van der Waals surface area contributed by atoms with Gasteiger partial charge in [0.25, 0.3) is 6.20 Å². The first-order chi connectivity index (χ1) is 14.2. The summed E-state index contributed by atoms with van der Waals surface area (Å²) in [7, 11) is 0. The summed E-state index contributed by atoms with van der Waals surface area (Å²) in [6, 6.07) is 0. The normalized spacial score (nSPS) is 29.7. The summed E-state index contributed by atoms with van der Waals surface area (Å²) in [5.74, 6) is 0.821. The Morgan fingerprint density at radius 3 is 2.63 bits per heavy atom. The van der Waals surface area contributed by atoms with E-state index in [0.717, 1.165) is 12.8 Å². The van der Waals surface area contributed by atoms with E-state index < -0.39 is 6.09 Å². The van der Waals surface area contributed by atoms with Crippen LogP contribution in [0, 0.1) is 16.7 Å². The lowest BCUT2D eigenvalue weighted by Crippen LogP contribution is -2.65. The number of nitrogens with zero attached hydrogens (tertiary/aromatic N) is 4. The van der Waals surface area contributed by atoms with E-state index >= 15 is 0 Å². The van der Waals surface area contributed by atoms with Gasteiger partial charge in [0.2, 0.25) is 5.27 Å². The highest BCUT2D eigenvalue weighted by Crippen LogP contribution is 2.66. The highest BCUT2D eigenvalue weighted by molar-refractivity contribution is 5.82. The number of nitrogens with one attached hydrogen (secondary N) is 1. The first-order valence-electron chi connectivity index (χ1n) is 10.8. The average Bonchev–Trinajstić information content (AvgIpc) is 3.31. The lowest BCUT2D eigenvalue weighted by molar-refractivity contribution is -0.759. The van der Waals surface area contributed by atoms with Crippen molar-refractivity contribution < 1.29 is 28.4 Å². The average molecular weight is 423 g/mol. The molecule has 2 heterocycles. The van der Waals surface area contributed by atoms with Gasteiger partial charge in [0.1, 0.15) is 6.10 Å². The number of rotatable bonds is 4. The molecule has 1 aliphatic heterocycles. The minimum atomic E-state index is -0.514. The molecule has 2 aliphatic carbocycles. The van der Waals surface area contributed by atoms with Crippen molar-refractivity contribution in [2.45, 2.75) is 53.1 Å². The summed E-state index contributed by atoms with van der Waals surface area (Å²) in [5, 5.41) is 8.55. The second kappa shape index (κ2) is 7.63. The summed E-state index contributed by atoms with van der Waals surface area (Å²) in [6.45, 7) is 11.2. The zero-order valence-corrected chi connectivity index (χ0v) is 18.2. The highest BCUT2D eigenvalue weighted by atomic mass is 16.6. The lowest BCUT2D eigenvalue weighted by Gasteiger charge is -2.38. The number of carbonyl (C=O) groups excluding carboxylic acids is 2. The van der Waals surface area contributed by atoms with Crippen molar-refractivity contribution in [3.05, 3.63) is 6.20 Å². The predicted octanol–water partition coefficient (Wildman–Crippen LogP) is 2.14. The van der Waals surface area contributed by atoms with Gasteiger partial charge in [0.15, 0.2) is 0 Å². The largest absolute Gasteiger partial charge is 0.450 e. The fraction of sp³-hybridized carbons (Fsp3) is 0.800. The molecule has 10 heteroatoms. The molecule has 0 radical (unpaired) electrons. The minimum Gasteiger partial charge on any atom is -0.450 e. The van der Waals surface area contributed by atoms with E-state index in [2.05, 4.69) is 31.4 Å². The molecule has 3 fully saturated rings. The Morgan fingerprint density at radius 2 is 2.03 bits per heavy atom. The number of hydrogen-bond acceptors (Lipinski definition) is 7. The van der Waals surface area contributed by atoms with Gasteiger partial charge in [-0.3, -0.25) is 9.84 Å². The van der Waals surface area contributed by atoms with Gasteiger partial charge in [0, 0.05) is 18.5 Å². The molecule has 4 rings (SSSR count). The smallest absolute Gasteiger partial charge is 0.414 e. The third-order valence-corrected chi connectivity index (χ3v) is 7.72. The monoisotopic (exact) mass is 422 g/mol. The fourth-order valence-electron chi connectivity index (χ4n) is 5.29. The standard InChI is InChI=1S/C20H31N5O5/c1-5-28-18(27)23-8-10-24(11-9-23)25-13-16(30-22-25)21-17(26)29-15-12-14-6-7-20(15,4)19(14,2)3/h13-15H,5-12H2,1-4H3/p+1. The topological polar surface area (TPSA) is 101 Å². The van der Waals surface area contributed by atoms with Crippen LogP contribution in [0.3, 0.4) is 0 Å². The molecule has 166 valence electrons. The summed E-state index contributed by atoms with van der Waals surface area (Å²) < 4.78 is 16.1. The molecule has 2 saturated carbocycles. The van der Waals surface area contributed by atoms with Gasteiger partial charge in [0.05, 0.1) is 24.5 Å². The van der Waals surface area contributed by atoms with Crippen molar-refractivity contribution >= 4 is 18.1 Å². The van der Waals surface area contributed by atoms with Crippen molar-refractivity contribution in [2.75, 3.05) is 43.1 Å². The van der Waals surface area contributed by atoms with Gasteiger partial charge in [-0.1, -0.05) is 20.8 Å². The molecule has 1 aromatic rings. The second-order valence-corrected chi connectivity index (χ2v) is 9.26. The number of carbonyl (C=O) groups is 2. The molecule has 1 aromatic heterocycles. The molecular formula is C20H32N5O5+. The first kappa shape index (κ1) is 20.7. The zero-order valence-electron chi connectivity index (χ0n) is 18.2. The number of aromatic nitrogens is 2. The van der Waals surface area contributed by atoms with Crippen LogP contribution in [0.1, 0.15) is 47.0 Å². The zero-order chi connectivity index (χ0) is 21.5. The van der Waals surface area contributed by atoms with E-state index in [1.807, 2.05) is 5.01 Å². The van der Waals surface area contributed by atoms with Crippen LogP contribution in [0.5, 0.6) is 0 Å². The maximum Gasteiger partial charge on any atom is 0.414 e. The predicted molar refractivity (Wildman–Crippen MR) is 106 cm³/mol. The molecule has 2 amide bonds. The molecule has 3 aliphatic rings. The summed E-state index contributed by atoms with van der Waals surface area (Å²) in [5.41, 5.74) is 0.188. The van der Waals surface area contributed by atoms with Gasteiger partial charge >= 0.3 is 18.1 Å². The number of piperazine rings is 1. The Balaban J connectivity index is 1.29. The van der Waals surface area contributed by atoms with Crippen LogP contribution in [-0.2, 0) is 9.47 Å². The third-order valence-electron chi connectivity index (χ3n) is 7.72. The molecule has 3 atom stereocenters. The summed E-state index contributed by atoms with van der Waals surface area (Å²) >= 11 is 0. The van der Waals surface area contributed by atoms with Gasteiger partial charge < -0.3 is 14.4 Å². The van der Waals surface area contributed by atoms with E-state index in [1.54, 1.807) is 22.8 Å². The molecule has 3 unspecified atom stereocenters. The molecule has 10 nitrogen and oxygen atoms in total. The first-order valence-corrected chi connectivity index (χ1v) is 10.8. The Bertz CT molecular complexity index is 803. The van der Waals surface area contributed by atoms with Gasteiger partial charge in [-0.15, -0.1) is 5.01 Å². The maximum absolute atomic E-state index is 12.5. The van der Waals surface area contributed by atoms with Crippen LogP contribution in [0.2, 0.25) is 0 Å². The fourth-order valence-corrected chi connectivity index (χ4v) is 5.29. The molecule has 0 spiro atoms. The Hall–Kier alpha value is -2.52. The van der Waals surface area contributed by atoms with Gasteiger partial charge in [-0.2, -0.15) is 0 Å². The van der Waals surface area contributed by atoms with Crippen LogP contribution in [0.4, 0.5) is 15.5 Å². The number of ether oxygens (including phenoxy) is 2. The van der Waals surface area contributed by atoms with E-state index in [1.165, 1.54) is 6.42 Å². The van der Waals surface area contributed by atoms with Crippen molar-refractivity contribution in [3.8, 4) is 0 Å². The SMILES string of the molecule is CCOC(=O)N1CCN([n+]2cc(NC(=O)OC3CC4CCC3(C)C4(C)C)on2)CC1. The highest BCUT2D eigenvalue weighted by Gasteiger charge is 2.62. The van der Waals surface area contributed by atoms with Crippen molar-refractivity contribution in [2.24, 2.45) is 16.7 Å². The molecular weight excluding hydrogens is 390 g/mol. The van der Waals surface area contributed by atoms with Crippen molar-refractivity contribution in [1.82, 2.24) is 10.2 Å². The summed E-state index contributed by atoms with van der Waals surface area (Å²) in [6.07, 6.45) is 3.91. The molecule has 1 N–H and O–H groups in total. The van der Waals surface area contributed by atoms with Crippen LogP contribution < -0.4 is 15.1 Å². The van der Waals surface area contributed by atoms with Crippen LogP contribution >= 0.6 is 0 Å². The molecule has 2 bridgehead atoms. The van der Waals surface area contributed by atoms with Gasteiger partial charge in [-0.05, 0) is 37.5 Å². The van der Waals surface area contributed by atoms with Crippen molar-refractivity contribution in [1.29, 1.82) is 0 Å². The van der Waals surface area contributed by atoms with E-state index in [0.29, 0.717) is 38.7 Å². The number of hydrogen-bond donors (Lipinski definition) is 1. The minimum absolute atomic E-state index is 0.00886. The van der Waals surface area contributed by atoms with Crippen LogP contribution in [-0.4, -0.2) is 61.2 Å². The Labute approximate surface area is 176 Å². The van der Waals surface area contributed by atoms with E-state index in [9.17, 15) is 9.59 Å². The quantitative estimate of drug-likeness (QED) is 0.742. The Morgan fingerprint density at radius 1 is 1.30 bits per heavy atom. The number of amides is 2. The van der Waals surface area contributed by atoms with Crippen molar-refractivity contribution in [3.63, 3.8) is 0 Å². The molecule has 1 saturated heterocycles. The van der Waals surface area contributed by atoms with Crippen LogP contribution in [0.25, 0.3) is 0 Å². The Kier molecular flexibility index (Phi) is 5.27.